The van der Waals surface area contributed by atoms with Gasteiger partial charge in [-0.05, 0) is 33.1 Å². The van der Waals surface area contributed by atoms with Crippen LogP contribution in [0.15, 0.2) is 0 Å². The summed E-state index contributed by atoms with van der Waals surface area (Å²) in [6, 6.07) is 1.13. The summed E-state index contributed by atoms with van der Waals surface area (Å²) in [5, 5.41) is 0. The van der Waals surface area contributed by atoms with Crippen molar-refractivity contribution in [1.82, 2.24) is 9.80 Å². The summed E-state index contributed by atoms with van der Waals surface area (Å²) in [6.45, 7) is 8.33. The Kier molecular flexibility index (Phi) is 5.04. The van der Waals surface area contributed by atoms with Crippen molar-refractivity contribution in [2.75, 3.05) is 26.2 Å². The van der Waals surface area contributed by atoms with Gasteiger partial charge in [-0.3, -0.25) is 14.6 Å². The molecular formula is C15H30N4O. The van der Waals surface area contributed by atoms with Gasteiger partial charge >= 0.3 is 0 Å². The van der Waals surface area contributed by atoms with Crippen molar-refractivity contribution in [2.24, 2.45) is 11.5 Å². The summed E-state index contributed by atoms with van der Waals surface area (Å²) in [5.74, 6) is -0.408. The monoisotopic (exact) mass is 282 g/mol. The molecule has 1 saturated carbocycles. The smallest absolute Gasteiger partial charge is 0.237 e. The van der Waals surface area contributed by atoms with Crippen molar-refractivity contribution in [3.8, 4) is 0 Å². The maximum atomic E-state index is 11.3. The molecule has 2 rings (SSSR count). The molecule has 1 aliphatic heterocycles. The van der Waals surface area contributed by atoms with E-state index in [1.807, 2.05) is 0 Å². The van der Waals surface area contributed by atoms with Gasteiger partial charge in [0.05, 0.1) is 5.54 Å². The van der Waals surface area contributed by atoms with Gasteiger partial charge in [-0.2, -0.15) is 0 Å². The molecular weight excluding hydrogens is 252 g/mol. The molecule has 0 aromatic heterocycles. The molecule has 0 bridgehead atoms. The lowest BCUT2D eigenvalue weighted by Crippen LogP contribution is -2.56. The molecule has 20 heavy (non-hydrogen) atoms. The van der Waals surface area contributed by atoms with Gasteiger partial charge in [-0.25, -0.2) is 0 Å². The molecule has 5 heteroatoms. The van der Waals surface area contributed by atoms with Crippen LogP contribution in [0.1, 0.15) is 46.0 Å². The lowest BCUT2D eigenvalue weighted by atomic mass is 9.93. The van der Waals surface area contributed by atoms with Crippen LogP contribution >= 0.6 is 0 Å². The van der Waals surface area contributed by atoms with Gasteiger partial charge in [-0.15, -0.1) is 0 Å². The van der Waals surface area contributed by atoms with E-state index in [1.165, 1.54) is 25.7 Å². The summed E-state index contributed by atoms with van der Waals surface area (Å²) in [6.07, 6.45) is 6.17. The molecule has 2 fully saturated rings. The number of amides is 1. The quantitative estimate of drug-likeness (QED) is 0.771. The first kappa shape index (κ1) is 15.7. The minimum Gasteiger partial charge on any atom is -0.368 e. The van der Waals surface area contributed by atoms with E-state index in [9.17, 15) is 4.79 Å². The molecule has 2 aliphatic rings. The average molecular weight is 282 g/mol. The highest BCUT2D eigenvalue weighted by molar-refractivity contribution is 5.83. The van der Waals surface area contributed by atoms with Crippen LogP contribution in [0, 0.1) is 0 Å². The molecule has 5 nitrogen and oxygen atoms in total. The predicted molar refractivity (Wildman–Crippen MR) is 81.3 cm³/mol. The minimum atomic E-state index is -0.901. The van der Waals surface area contributed by atoms with Gasteiger partial charge in [0, 0.05) is 38.3 Å². The van der Waals surface area contributed by atoms with Crippen LogP contribution in [-0.2, 0) is 4.79 Å². The summed E-state index contributed by atoms with van der Waals surface area (Å²) in [5.41, 5.74) is 10.4. The van der Waals surface area contributed by atoms with Crippen LogP contribution in [0.4, 0.5) is 0 Å². The molecule has 2 unspecified atom stereocenters. The second kappa shape index (κ2) is 6.41. The van der Waals surface area contributed by atoms with Crippen LogP contribution in [0.3, 0.4) is 0 Å². The zero-order valence-electron chi connectivity index (χ0n) is 13.0. The number of primary amides is 1. The lowest BCUT2D eigenvalue weighted by molar-refractivity contribution is -0.123. The van der Waals surface area contributed by atoms with E-state index in [0.29, 0.717) is 12.5 Å². The van der Waals surface area contributed by atoms with E-state index in [2.05, 4.69) is 16.7 Å². The Morgan fingerprint density at radius 1 is 1.25 bits per heavy atom. The highest BCUT2D eigenvalue weighted by atomic mass is 16.1. The molecule has 0 aromatic rings. The van der Waals surface area contributed by atoms with Gasteiger partial charge in [0.1, 0.15) is 0 Å². The number of piperazine rings is 1. The van der Waals surface area contributed by atoms with Crippen molar-refractivity contribution in [3.63, 3.8) is 0 Å². The number of rotatable bonds is 5. The summed E-state index contributed by atoms with van der Waals surface area (Å²) >= 11 is 0. The Labute approximate surface area is 122 Å². The zero-order chi connectivity index (χ0) is 14.8. The second-order valence-electron chi connectivity index (χ2n) is 6.85. The van der Waals surface area contributed by atoms with E-state index >= 15 is 0 Å². The third-order valence-electron chi connectivity index (χ3n) is 5.10. The molecule has 0 aromatic carbocycles. The SMILES string of the molecule is CC(CC(C)(N)C(N)=O)N1CCN(C2CCCC2)CC1. The Morgan fingerprint density at radius 3 is 2.30 bits per heavy atom. The van der Waals surface area contributed by atoms with Crippen molar-refractivity contribution >= 4 is 5.91 Å². The molecule has 1 saturated heterocycles. The van der Waals surface area contributed by atoms with Crippen molar-refractivity contribution < 1.29 is 4.79 Å². The van der Waals surface area contributed by atoms with Crippen LogP contribution in [0.25, 0.3) is 0 Å². The number of hydrogen-bond acceptors (Lipinski definition) is 4. The van der Waals surface area contributed by atoms with Gasteiger partial charge in [0.15, 0.2) is 0 Å². The van der Waals surface area contributed by atoms with Crippen LogP contribution in [-0.4, -0.2) is 59.5 Å². The normalized spacial score (nSPS) is 27.4. The first-order chi connectivity index (χ1) is 9.40. The topological polar surface area (TPSA) is 75.6 Å². The summed E-state index contributed by atoms with van der Waals surface area (Å²) < 4.78 is 0. The molecule has 116 valence electrons. The molecule has 1 amide bonds. The van der Waals surface area contributed by atoms with Crippen LogP contribution < -0.4 is 11.5 Å². The second-order valence-corrected chi connectivity index (χ2v) is 6.85. The van der Waals surface area contributed by atoms with E-state index in [1.54, 1.807) is 6.92 Å². The van der Waals surface area contributed by atoms with E-state index in [0.717, 1.165) is 32.2 Å². The summed E-state index contributed by atoms with van der Waals surface area (Å²) in [7, 11) is 0. The van der Waals surface area contributed by atoms with Crippen molar-refractivity contribution in [3.05, 3.63) is 0 Å². The van der Waals surface area contributed by atoms with E-state index in [4.69, 9.17) is 11.5 Å². The van der Waals surface area contributed by atoms with Gasteiger partial charge in [-0.1, -0.05) is 12.8 Å². The average Bonchev–Trinajstić information content (AvgIpc) is 2.92. The third-order valence-corrected chi connectivity index (χ3v) is 5.10. The summed E-state index contributed by atoms with van der Waals surface area (Å²) in [4.78, 5) is 16.4. The number of nitrogens with two attached hydrogens (primary N) is 2. The fourth-order valence-electron chi connectivity index (χ4n) is 3.66. The van der Waals surface area contributed by atoms with E-state index in [-0.39, 0.29) is 0 Å². The first-order valence-electron chi connectivity index (χ1n) is 7.97. The maximum absolute atomic E-state index is 11.3. The third kappa shape index (κ3) is 3.71. The van der Waals surface area contributed by atoms with Gasteiger partial charge in [0.2, 0.25) is 5.91 Å². The van der Waals surface area contributed by atoms with Crippen LogP contribution in [0.5, 0.6) is 0 Å². The minimum absolute atomic E-state index is 0.309. The Bertz CT molecular complexity index is 331. The maximum Gasteiger partial charge on any atom is 0.237 e. The predicted octanol–water partition coefficient (Wildman–Crippen LogP) is 0.528. The molecule has 4 N–H and O–H groups in total. The number of carbonyl (C=O) groups is 1. The number of carbonyl (C=O) groups excluding carboxylic acids is 1. The highest BCUT2D eigenvalue weighted by Crippen LogP contribution is 2.25. The number of nitrogens with zero attached hydrogens (tertiary/aromatic N) is 2. The van der Waals surface area contributed by atoms with Crippen molar-refractivity contribution in [2.45, 2.75) is 63.6 Å². The van der Waals surface area contributed by atoms with Gasteiger partial charge < -0.3 is 11.5 Å². The fourth-order valence-corrected chi connectivity index (χ4v) is 3.66. The Hall–Kier alpha value is -0.650. The Balaban J connectivity index is 1.79. The molecule has 2 atom stereocenters. The van der Waals surface area contributed by atoms with Crippen molar-refractivity contribution in [1.29, 1.82) is 0 Å². The van der Waals surface area contributed by atoms with Crippen LogP contribution in [0.2, 0.25) is 0 Å². The van der Waals surface area contributed by atoms with Gasteiger partial charge in [0.25, 0.3) is 0 Å². The molecule has 0 radical (unpaired) electrons. The fraction of sp³-hybridized carbons (Fsp3) is 0.933. The largest absolute Gasteiger partial charge is 0.368 e. The standard InChI is InChI=1S/C15H30N4O/c1-12(11-15(2,17)14(16)20)18-7-9-19(10-8-18)13-5-3-4-6-13/h12-13H,3-11,17H2,1-2H3,(H2,16,20). The first-order valence-corrected chi connectivity index (χ1v) is 7.97. The highest BCUT2D eigenvalue weighted by Gasteiger charge is 2.32. The zero-order valence-corrected chi connectivity index (χ0v) is 13.0. The molecule has 1 aliphatic carbocycles. The molecule has 1 heterocycles. The molecule has 0 spiro atoms. The lowest BCUT2D eigenvalue weighted by Gasteiger charge is -2.42. The number of hydrogen-bond donors (Lipinski definition) is 2. The van der Waals surface area contributed by atoms with E-state index < -0.39 is 11.4 Å². The Morgan fingerprint density at radius 2 is 1.80 bits per heavy atom.